The molecule has 1 rings (SSSR count). The van der Waals surface area contributed by atoms with Crippen LogP contribution >= 0.6 is 0 Å². The fraction of sp³-hybridized carbons (Fsp3) is 0.940. The average molecular weight is 872 g/mol. The van der Waals surface area contributed by atoms with E-state index in [1.807, 2.05) is 0 Å². The Morgan fingerprint density at radius 2 is 0.967 bits per heavy atom. The molecule has 0 aromatic heterocycles. The average Bonchev–Trinajstić information content (AvgIpc) is 3.26. The summed E-state index contributed by atoms with van der Waals surface area (Å²) in [6.07, 6.45) is 33.0. The summed E-state index contributed by atoms with van der Waals surface area (Å²) in [5.41, 5.74) is 0. The van der Waals surface area contributed by atoms with Crippen LogP contribution in [0.1, 0.15) is 232 Å². The molecule has 1 aliphatic rings. The van der Waals surface area contributed by atoms with Crippen molar-refractivity contribution in [2.24, 2.45) is 0 Å². The van der Waals surface area contributed by atoms with Crippen molar-refractivity contribution in [2.75, 3.05) is 13.2 Å². The number of ether oxygens (including phenoxy) is 2. The highest BCUT2D eigenvalue weighted by Gasteiger charge is 2.44. The lowest BCUT2D eigenvalue weighted by Crippen LogP contribution is -2.60. The molecule has 9 unspecified atom stereocenters. The van der Waals surface area contributed by atoms with Gasteiger partial charge in [0.05, 0.1) is 25.4 Å². The van der Waals surface area contributed by atoms with Crippen LogP contribution in [0.25, 0.3) is 0 Å². The van der Waals surface area contributed by atoms with E-state index in [1.54, 1.807) is 0 Å². The Morgan fingerprint density at radius 3 is 1.41 bits per heavy atom. The molecule has 9 atom stereocenters. The zero-order chi connectivity index (χ0) is 44.8. The van der Waals surface area contributed by atoms with Crippen LogP contribution in [0.2, 0.25) is 0 Å². The monoisotopic (exact) mass is 872 g/mol. The number of amides is 1. The first-order chi connectivity index (χ1) is 29.7. The molecular formula is C50H97NO10. The smallest absolute Gasteiger partial charge is 0.249 e. The second kappa shape index (κ2) is 40.4. The summed E-state index contributed by atoms with van der Waals surface area (Å²) >= 11 is 0. The Morgan fingerprint density at radius 1 is 0.557 bits per heavy atom. The van der Waals surface area contributed by atoms with Crippen LogP contribution in [0.4, 0.5) is 0 Å². The van der Waals surface area contributed by atoms with E-state index in [4.69, 9.17) is 9.47 Å². The molecule has 1 aliphatic heterocycles. The van der Waals surface area contributed by atoms with Gasteiger partial charge in [0.25, 0.3) is 0 Å². The molecule has 1 saturated heterocycles. The normalized spacial score (nSPS) is 21.5. The van der Waals surface area contributed by atoms with Gasteiger partial charge in [0.2, 0.25) is 5.91 Å². The summed E-state index contributed by atoms with van der Waals surface area (Å²) in [7, 11) is 0. The summed E-state index contributed by atoms with van der Waals surface area (Å²) in [5, 5.41) is 75.6. The third-order valence-electron chi connectivity index (χ3n) is 12.6. The fourth-order valence-corrected chi connectivity index (χ4v) is 8.32. The maximum Gasteiger partial charge on any atom is 0.249 e. The van der Waals surface area contributed by atoms with E-state index in [2.05, 4.69) is 31.3 Å². The Labute approximate surface area is 372 Å². The summed E-state index contributed by atoms with van der Waals surface area (Å²) in [4.78, 5) is 13.0. The van der Waals surface area contributed by atoms with Gasteiger partial charge in [-0.3, -0.25) is 4.79 Å². The summed E-state index contributed by atoms with van der Waals surface area (Å²) in [6, 6.07) is -1.18. The fourth-order valence-electron chi connectivity index (χ4n) is 8.32. The minimum Gasteiger partial charge on any atom is -0.394 e. The SMILES string of the molecule is CCCCCCCCCCCCCCCCCCCCCC/C=C/CCCC(O)C(O)C(COC1OC(CO)C(O)C(O)C1O)NC(=O)C(O)CCCCCCCCCCC. The van der Waals surface area contributed by atoms with Crippen molar-refractivity contribution < 1.29 is 50.0 Å². The summed E-state index contributed by atoms with van der Waals surface area (Å²) < 4.78 is 11.1. The molecule has 8 N–H and O–H groups in total. The predicted octanol–water partition coefficient (Wildman–Crippen LogP) is 9.23. The second-order valence-electron chi connectivity index (χ2n) is 18.2. The van der Waals surface area contributed by atoms with Crippen LogP contribution in [0.5, 0.6) is 0 Å². The molecule has 1 heterocycles. The van der Waals surface area contributed by atoms with Crippen molar-refractivity contribution >= 4 is 5.91 Å². The highest BCUT2D eigenvalue weighted by Crippen LogP contribution is 2.23. The standard InChI is InChI=1S/C50H97NO10/c1-3-5-7-9-11-13-14-15-16-17-18-19-20-21-22-23-24-25-26-27-28-30-31-33-35-37-42(53)45(55)41(40-60-50-48(58)47(57)46(56)44(39-52)61-50)51-49(59)43(54)38-36-34-32-29-12-10-8-6-4-2/h30-31,41-48,50,52-58H,3-29,32-40H2,1-2H3,(H,51,59)/b31-30+. The number of rotatable bonds is 43. The van der Waals surface area contributed by atoms with Gasteiger partial charge in [-0.2, -0.15) is 0 Å². The zero-order valence-corrected chi connectivity index (χ0v) is 39.2. The molecule has 0 radical (unpaired) electrons. The quantitative estimate of drug-likeness (QED) is 0.0217. The molecule has 0 spiro atoms. The minimum absolute atomic E-state index is 0.256. The highest BCUT2D eigenvalue weighted by molar-refractivity contribution is 5.80. The van der Waals surface area contributed by atoms with Gasteiger partial charge in [-0.05, 0) is 38.5 Å². The predicted molar refractivity (Wildman–Crippen MR) is 247 cm³/mol. The lowest BCUT2D eigenvalue weighted by atomic mass is 9.98. The largest absolute Gasteiger partial charge is 0.394 e. The number of allylic oxidation sites excluding steroid dienone is 2. The van der Waals surface area contributed by atoms with Crippen LogP contribution in [-0.4, -0.2) is 110 Å². The number of nitrogens with one attached hydrogen (secondary N) is 1. The molecule has 0 aromatic carbocycles. The van der Waals surface area contributed by atoms with Gasteiger partial charge >= 0.3 is 0 Å². The molecule has 11 heteroatoms. The van der Waals surface area contributed by atoms with Crippen LogP contribution in [0, 0.1) is 0 Å². The summed E-state index contributed by atoms with van der Waals surface area (Å²) in [6.45, 7) is 3.41. The molecule has 0 saturated carbocycles. The molecule has 0 bridgehead atoms. The molecule has 11 nitrogen and oxygen atoms in total. The maximum atomic E-state index is 13.0. The maximum absolute atomic E-state index is 13.0. The Kier molecular flexibility index (Phi) is 38.3. The molecule has 1 fully saturated rings. The van der Waals surface area contributed by atoms with Crippen molar-refractivity contribution in [1.29, 1.82) is 0 Å². The van der Waals surface area contributed by atoms with Gasteiger partial charge in [0.1, 0.15) is 36.6 Å². The van der Waals surface area contributed by atoms with Crippen molar-refractivity contribution in [3.05, 3.63) is 12.2 Å². The van der Waals surface area contributed by atoms with E-state index < -0.39 is 74.2 Å². The van der Waals surface area contributed by atoms with Crippen LogP contribution in [0.15, 0.2) is 12.2 Å². The molecule has 1 amide bonds. The molecule has 362 valence electrons. The number of unbranched alkanes of at least 4 members (excludes halogenated alkanes) is 29. The first-order valence-corrected chi connectivity index (χ1v) is 25.6. The third kappa shape index (κ3) is 29.8. The van der Waals surface area contributed by atoms with Crippen LogP contribution < -0.4 is 5.32 Å². The minimum atomic E-state index is -1.66. The molecule has 0 aromatic rings. The summed E-state index contributed by atoms with van der Waals surface area (Å²) in [5.74, 6) is -0.707. The number of carbonyl (C=O) groups is 1. The van der Waals surface area contributed by atoms with Gasteiger partial charge in [-0.25, -0.2) is 0 Å². The van der Waals surface area contributed by atoms with E-state index in [0.29, 0.717) is 12.8 Å². The van der Waals surface area contributed by atoms with E-state index in [9.17, 15) is 40.5 Å². The van der Waals surface area contributed by atoms with Crippen molar-refractivity contribution in [3.63, 3.8) is 0 Å². The van der Waals surface area contributed by atoms with Crippen molar-refractivity contribution in [3.8, 4) is 0 Å². The number of hydrogen-bond donors (Lipinski definition) is 8. The molecule has 61 heavy (non-hydrogen) atoms. The first-order valence-electron chi connectivity index (χ1n) is 25.6. The van der Waals surface area contributed by atoms with Crippen molar-refractivity contribution in [1.82, 2.24) is 5.32 Å². The van der Waals surface area contributed by atoms with E-state index in [0.717, 1.165) is 38.5 Å². The highest BCUT2D eigenvalue weighted by atomic mass is 16.7. The third-order valence-corrected chi connectivity index (χ3v) is 12.6. The van der Waals surface area contributed by atoms with E-state index >= 15 is 0 Å². The van der Waals surface area contributed by atoms with E-state index in [1.165, 1.54) is 154 Å². The van der Waals surface area contributed by atoms with Crippen LogP contribution in [0.3, 0.4) is 0 Å². The Balaban J connectivity index is 2.31. The Hall–Kier alpha value is -1.15. The van der Waals surface area contributed by atoms with Gasteiger partial charge in [0.15, 0.2) is 6.29 Å². The second-order valence-corrected chi connectivity index (χ2v) is 18.2. The topological polar surface area (TPSA) is 189 Å². The molecule has 0 aliphatic carbocycles. The van der Waals surface area contributed by atoms with Gasteiger partial charge in [-0.1, -0.05) is 206 Å². The molecular weight excluding hydrogens is 775 g/mol. The zero-order valence-electron chi connectivity index (χ0n) is 39.2. The van der Waals surface area contributed by atoms with Gasteiger partial charge < -0.3 is 50.5 Å². The number of carbonyl (C=O) groups excluding carboxylic acids is 1. The lowest BCUT2D eigenvalue weighted by molar-refractivity contribution is -0.303. The number of aliphatic hydroxyl groups is 7. The number of hydrogen-bond acceptors (Lipinski definition) is 10. The number of aliphatic hydroxyl groups excluding tert-OH is 7. The lowest BCUT2D eigenvalue weighted by Gasteiger charge is -2.40. The van der Waals surface area contributed by atoms with Gasteiger partial charge in [0, 0.05) is 0 Å². The van der Waals surface area contributed by atoms with E-state index in [-0.39, 0.29) is 12.8 Å². The van der Waals surface area contributed by atoms with Gasteiger partial charge in [-0.15, -0.1) is 0 Å². The first kappa shape index (κ1) is 57.9. The Bertz CT molecular complexity index is 1000. The van der Waals surface area contributed by atoms with Crippen molar-refractivity contribution in [2.45, 2.75) is 287 Å². The van der Waals surface area contributed by atoms with Crippen LogP contribution in [-0.2, 0) is 14.3 Å².